The molecule has 29 heavy (non-hydrogen) atoms. The number of carbonyl (C=O) groups excluding carboxylic acids is 3. The molecule has 1 amide bonds. The minimum Gasteiger partial charge on any atom is -0.467 e. The summed E-state index contributed by atoms with van der Waals surface area (Å²) in [6.45, 7) is 15.7. The Morgan fingerprint density at radius 3 is 2.41 bits per heavy atom. The number of rotatable bonds is 8. The van der Waals surface area contributed by atoms with Crippen LogP contribution in [0.2, 0.25) is 0 Å². The number of amides is 1. The second-order valence-electron chi connectivity index (χ2n) is 9.64. The summed E-state index contributed by atoms with van der Waals surface area (Å²) in [5, 5.41) is 0. The van der Waals surface area contributed by atoms with Crippen LogP contribution < -0.4 is 0 Å². The number of piperidine rings is 1. The number of likely N-dealkylation sites (tertiary alicyclic amines) is 1. The molecule has 1 heterocycles. The van der Waals surface area contributed by atoms with Gasteiger partial charge in [-0.25, -0.2) is 4.79 Å². The van der Waals surface area contributed by atoms with E-state index in [1.807, 2.05) is 0 Å². The maximum Gasteiger partial charge on any atom is 0.328 e. The van der Waals surface area contributed by atoms with Crippen LogP contribution in [0.15, 0.2) is 12.7 Å². The lowest BCUT2D eigenvalue weighted by Crippen LogP contribution is -2.50. The molecule has 0 spiro atoms. The predicted octanol–water partition coefficient (Wildman–Crippen LogP) is 2.58. The zero-order chi connectivity index (χ0) is 22.1. The summed E-state index contributed by atoms with van der Waals surface area (Å²) in [4.78, 5) is 40.0. The third-order valence-corrected chi connectivity index (χ3v) is 6.10. The van der Waals surface area contributed by atoms with Gasteiger partial charge < -0.3 is 19.1 Å². The molecule has 0 unspecified atom stereocenters. The lowest BCUT2D eigenvalue weighted by molar-refractivity contribution is -0.163. The van der Waals surface area contributed by atoms with E-state index in [1.165, 1.54) is 7.11 Å². The number of esters is 2. The molecule has 164 valence electrons. The van der Waals surface area contributed by atoms with Gasteiger partial charge in [0.15, 0.2) is 0 Å². The number of ether oxygens (including phenoxy) is 3. The number of methoxy groups -OCH3 is 1. The van der Waals surface area contributed by atoms with Crippen LogP contribution in [-0.4, -0.2) is 60.8 Å². The highest BCUT2D eigenvalue weighted by molar-refractivity contribution is 5.90. The molecular weight excluding hydrogens is 374 g/mol. The minimum atomic E-state index is -0.752. The summed E-state index contributed by atoms with van der Waals surface area (Å²) in [5.41, 5.74) is -0.648. The van der Waals surface area contributed by atoms with Crippen molar-refractivity contribution < 1.29 is 28.6 Å². The van der Waals surface area contributed by atoms with E-state index in [0.717, 1.165) is 0 Å². The fraction of sp³-hybridized carbons (Fsp3) is 0.773. The van der Waals surface area contributed by atoms with Crippen LogP contribution in [0.4, 0.5) is 0 Å². The number of hydrogen-bond donors (Lipinski definition) is 0. The Morgan fingerprint density at radius 1 is 1.28 bits per heavy atom. The van der Waals surface area contributed by atoms with Gasteiger partial charge >= 0.3 is 11.9 Å². The van der Waals surface area contributed by atoms with Crippen molar-refractivity contribution in [1.82, 2.24) is 4.90 Å². The molecule has 5 atom stereocenters. The van der Waals surface area contributed by atoms with Gasteiger partial charge in [-0.3, -0.25) is 9.59 Å². The highest BCUT2D eigenvalue weighted by Crippen LogP contribution is 2.65. The van der Waals surface area contributed by atoms with Gasteiger partial charge in [0.1, 0.15) is 11.6 Å². The SMILES string of the molecule is C=CCO[C@@H](C)[C@H](CC(=O)OC(C)(C)C)C(=O)N1C[C@H]2[C@@H]([C@H]1C(=O)OC)C2(C)C. The summed E-state index contributed by atoms with van der Waals surface area (Å²) in [7, 11) is 1.34. The van der Waals surface area contributed by atoms with Crippen LogP contribution in [0.3, 0.4) is 0 Å². The highest BCUT2D eigenvalue weighted by Gasteiger charge is 2.70. The summed E-state index contributed by atoms with van der Waals surface area (Å²) in [6.07, 6.45) is 0.949. The molecule has 0 N–H and O–H groups in total. The van der Waals surface area contributed by atoms with E-state index in [0.29, 0.717) is 6.54 Å². The Balaban J connectivity index is 2.22. The number of nitrogens with zero attached hydrogens (tertiary/aromatic N) is 1. The fourth-order valence-electron chi connectivity index (χ4n) is 4.47. The van der Waals surface area contributed by atoms with Gasteiger partial charge in [-0.1, -0.05) is 19.9 Å². The molecule has 1 aliphatic heterocycles. The smallest absolute Gasteiger partial charge is 0.328 e. The molecule has 2 aliphatic rings. The number of fused-ring (bicyclic) bond motifs is 1. The molecule has 2 fully saturated rings. The molecule has 0 aromatic carbocycles. The van der Waals surface area contributed by atoms with Crippen LogP contribution in [0.1, 0.15) is 48.0 Å². The van der Waals surface area contributed by atoms with Gasteiger partial charge in [-0.15, -0.1) is 6.58 Å². The normalized spacial score (nSPS) is 26.9. The van der Waals surface area contributed by atoms with Crippen molar-refractivity contribution in [2.24, 2.45) is 23.2 Å². The zero-order valence-corrected chi connectivity index (χ0v) is 18.7. The van der Waals surface area contributed by atoms with Gasteiger partial charge in [0.2, 0.25) is 5.91 Å². The van der Waals surface area contributed by atoms with Gasteiger partial charge in [0, 0.05) is 12.5 Å². The third kappa shape index (κ3) is 5.00. The first-order chi connectivity index (χ1) is 13.3. The summed E-state index contributed by atoms with van der Waals surface area (Å²) in [5.74, 6) is -1.58. The van der Waals surface area contributed by atoms with Crippen molar-refractivity contribution in [3.63, 3.8) is 0 Å². The van der Waals surface area contributed by atoms with E-state index in [9.17, 15) is 14.4 Å². The van der Waals surface area contributed by atoms with E-state index >= 15 is 0 Å². The largest absolute Gasteiger partial charge is 0.467 e. The van der Waals surface area contributed by atoms with Gasteiger partial charge in [-0.05, 0) is 39.0 Å². The first-order valence-electron chi connectivity index (χ1n) is 10.2. The summed E-state index contributed by atoms with van der Waals surface area (Å²) < 4.78 is 16.1. The molecule has 0 aromatic heterocycles. The average Bonchev–Trinajstić information content (AvgIpc) is 2.95. The Morgan fingerprint density at radius 2 is 1.90 bits per heavy atom. The predicted molar refractivity (Wildman–Crippen MR) is 108 cm³/mol. The molecule has 0 bridgehead atoms. The Kier molecular flexibility index (Phi) is 6.82. The average molecular weight is 410 g/mol. The van der Waals surface area contributed by atoms with Gasteiger partial charge in [0.25, 0.3) is 0 Å². The van der Waals surface area contributed by atoms with Crippen molar-refractivity contribution in [2.75, 3.05) is 20.3 Å². The van der Waals surface area contributed by atoms with E-state index in [1.54, 1.807) is 38.7 Å². The lowest BCUT2D eigenvalue weighted by atomic mass is 9.94. The highest BCUT2D eigenvalue weighted by atomic mass is 16.6. The molecule has 1 saturated carbocycles. The Labute approximate surface area is 173 Å². The van der Waals surface area contributed by atoms with E-state index in [2.05, 4.69) is 20.4 Å². The molecule has 1 saturated heterocycles. The van der Waals surface area contributed by atoms with E-state index in [4.69, 9.17) is 14.2 Å². The molecule has 7 nitrogen and oxygen atoms in total. The monoisotopic (exact) mass is 409 g/mol. The minimum absolute atomic E-state index is 0.00124. The maximum absolute atomic E-state index is 13.5. The molecule has 0 radical (unpaired) electrons. The van der Waals surface area contributed by atoms with Crippen LogP contribution in [-0.2, 0) is 28.6 Å². The number of hydrogen-bond acceptors (Lipinski definition) is 6. The van der Waals surface area contributed by atoms with Crippen LogP contribution in [0.25, 0.3) is 0 Å². The van der Waals surface area contributed by atoms with Gasteiger partial charge in [0.05, 0.1) is 32.2 Å². The first-order valence-corrected chi connectivity index (χ1v) is 10.2. The fourth-order valence-corrected chi connectivity index (χ4v) is 4.47. The zero-order valence-electron chi connectivity index (χ0n) is 18.7. The van der Waals surface area contributed by atoms with Crippen molar-refractivity contribution in [3.05, 3.63) is 12.7 Å². The second kappa shape index (κ2) is 8.46. The molecule has 0 aromatic rings. The molecule has 1 aliphatic carbocycles. The third-order valence-electron chi connectivity index (χ3n) is 6.10. The lowest BCUT2D eigenvalue weighted by Gasteiger charge is -2.34. The second-order valence-corrected chi connectivity index (χ2v) is 9.64. The van der Waals surface area contributed by atoms with E-state index in [-0.39, 0.29) is 36.2 Å². The Bertz CT molecular complexity index is 665. The Hall–Kier alpha value is -1.89. The molecular formula is C22H35NO6. The van der Waals surface area contributed by atoms with E-state index < -0.39 is 35.6 Å². The van der Waals surface area contributed by atoms with Crippen molar-refractivity contribution in [2.45, 2.75) is 65.7 Å². The maximum atomic E-state index is 13.5. The summed E-state index contributed by atoms with van der Waals surface area (Å²) in [6, 6.07) is -0.625. The molecule has 7 heteroatoms. The van der Waals surface area contributed by atoms with Crippen molar-refractivity contribution >= 4 is 17.8 Å². The van der Waals surface area contributed by atoms with Crippen molar-refractivity contribution in [3.8, 4) is 0 Å². The first kappa shape index (κ1) is 23.4. The van der Waals surface area contributed by atoms with Gasteiger partial charge in [-0.2, -0.15) is 0 Å². The standard InChI is InChI=1S/C22H35NO6/c1-9-10-28-13(2)14(11-16(24)29-21(3,4)5)19(25)23-12-15-17(22(15,6)7)18(23)20(26)27-8/h9,13-15,17-18H,1,10-12H2,2-8H3/t13-,14-,15-,17-,18-/m0/s1. The topological polar surface area (TPSA) is 82.1 Å². The quantitative estimate of drug-likeness (QED) is 0.453. The van der Waals surface area contributed by atoms with Crippen molar-refractivity contribution in [1.29, 1.82) is 0 Å². The molecule has 2 rings (SSSR count). The number of carbonyl (C=O) groups is 3. The van der Waals surface area contributed by atoms with Crippen LogP contribution >= 0.6 is 0 Å². The van der Waals surface area contributed by atoms with Crippen LogP contribution in [0, 0.1) is 23.2 Å². The van der Waals surface area contributed by atoms with Crippen LogP contribution in [0.5, 0.6) is 0 Å². The summed E-state index contributed by atoms with van der Waals surface area (Å²) >= 11 is 0.